The number of nitrogens with two attached hydrogens (primary N) is 1. The number of aromatic amines is 1. The van der Waals surface area contributed by atoms with Gasteiger partial charge in [-0.3, -0.25) is 4.79 Å². The molecule has 0 radical (unpaired) electrons. The summed E-state index contributed by atoms with van der Waals surface area (Å²) in [6, 6.07) is 21.3. The number of rotatable bonds is 5. The fourth-order valence-corrected chi connectivity index (χ4v) is 4.78. The van der Waals surface area contributed by atoms with Crippen molar-refractivity contribution in [1.82, 2.24) is 14.9 Å². The van der Waals surface area contributed by atoms with Gasteiger partial charge < -0.3 is 20.9 Å². The summed E-state index contributed by atoms with van der Waals surface area (Å²) < 4.78 is 0. The average molecular weight is 472 g/mol. The number of aromatic nitrogens is 2. The number of likely N-dealkylation sites (tertiary alicyclic amines) is 1. The second-order valence-electron chi connectivity index (χ2n) is 8.79. The van der Waals surface area contributed by atoms with Crippen molar-refractivity contribution in [2.45, 2.75) is 11.8 Å². The van der Waals surface area contributed by atoms with Crippen LogP contribution in [-0.2, 0) is 4.79 Å². The Balaban J connectivity index is 1.31. The Hall–Kier alpha value is -3.61. The van der Waals surface area contributed by atoms with E-state index in [1.165, 1.54) is 11.6 Å². The molecule has 5 rings (SSSR count). The number of nitrogen functional groups attached to an aromatic ring is 1. The number of likely N-dealkylation sites (N-methyl/N-ethyl adjacent to an activating group) is 1. The lowest BCUT2D eigenvalue weighted by Crippen LogP contribution is -2.13. The van der Waals surface area contributed by atoms with E-state index < -0.39 is 0 Å². The number of carbonyl (C=O) groups excluding carboxylic acids is 1. The van der Waals surface area contributed by atoms with Gasteiger partial charge in [-0.2, -0.15) is 0 Å². The largest absolute Gasteiger partial charge is 0.397 e. The molecule has 0 aliphatic carbocycles. The van der Waals surface area contributed by atoms with E-state index in [1.54, 1.807) is 18.2 Å². The van der Waals surface area contributed by atoms with Crippen LogP contribution in [0.5, 0.6) is 0 Å². The number of hydrogen-bond donors (Lipinski definition) is 3. The van der Waals surface area contributed by atoms with Crippen molar-refractivity contribution in [2.75, 3.05) is 31.2 Å². The highest BCUT2D eigenvalue weighted by Crippen LogP contribution is 2.38. The van der Waals surface area contributed by atoms with Crippen molar-refractivity contribution in [1.29, 1.82) is 0 Å². The van der Waals surface area contributed by atoms with Crippen molar-refractivity contribution >= 4 is 46.0 Å². The van der Waals surface area contributed by atoms with Crippen molar-refractivity contribution in [3.63, 3.8) is 0 Å². The zero-order valence-electron chi connectivity index (χ0n) is 18.8. The number of hydrogen-bond acceptors (Lipinski definition) is 4. The van der Waals surface area contributed by atoms with E-state index in [0.717, 1.165) is 35.5 Å². The Morgan fingerprint density at radius 3 is 2.68 bits per heavy atom. The number of nitrogens with zero attached hydrogens (tertiary/aromatic N) is 2. The van der Waals surface area contributed by atoms with Gasteiger partial charge in [0.15, 0.2) is 0 Å². The molecule has 6 nitrogen and oxygen atoms in total. The monoisotopic (exact) mass is 471 g/mol. The number of carbonyl (C=O) groups is 1. The Kier molecular flexibility index (Phi) is 6.09. The molecule has 1 fully saturated rings. The topological polar surface area (TPSA) is 87.0 Å². The number of halogens is 1. The van der Waals surface area contributed by atoms with Gasteiger partial charge in [-0.25, -0.2) is 4.98 Å². The van der Waals surface area contributed by atoms with Gasteiger partial charge >= 0.3 is 0 Å². The molecule has 1 amide bonds. The Labute approximate surface area is 203 Å². The number of imidazole rings is 1. The molecule has 2 atom stereocenters. The number of para-hydroxylation sites is 2. The van der Waals surface area contributed by atoms with E-state index in [9.17, 15) is 4.79 Å². The number of amides is 1. The molecule has 1 saturated heterocycles. The highest BCUT2D eigenvalue weighted by molar-refractivity contribution is 6.31. The molecular formula is C27H26ClN5O. The van der Waals surface area contributed by atoms with Crippen LogP contribution in [0.3, 0.4) is 0 Å². The first-order valence-corrected chi connectivity index (χ1v) is 11.6. The highest BCUT2D eigenvalue weighted by Gasteiger charge is 2.35. The number of benzene rings is 3. The third-order valence-electron chi connectivity index (χ3n) is 6.33. The van der Waals surface area contributed by atoms with Crippen LogP contribution in [0.15, 0.2) is 72.8 Å². The molecule has 0 spiro atoms. The van der Waals surface area contributed by atoms with Crippen LogP contribution in [0.1, 0.15) is 28.8 Å². The second-order valence-corrected chi connectivity index (χ2v) is 9.23. The molecule has 2 heterocycles. The van der Waals surface area contributed by atoms with Gasteiger partial charge in [-0.15, -0.1) is 0 Å². The van der Waals surface area contributed by atoms with Crippen LogP contribution < -0.4 is 11.1 Å². The maximum atomic E-state index is 12.3. The van der Waals surface area contributed by atoms with Crippen LogP contribution in [0.2, 0.25) is 5.02 Å². The van der Waals surface area contributed by atoms with E-state index in [1.807, 2.05) is 42.5 Å². The molecule has 0 bridgehead atoms. The number of anilines is 2. The molecule has 4 N–H and O–H groups in total. The molecule has 0 saturated carbocycles. The predicted octanol–water partition coefficient (Wildman–Crippen LogP) is 5.26. The van der Waals surface area contributed by atoms with Gasteiger partial charge in [0.1, 0.15) is 5.82 Å². The maximum Gasteiger partial charge on any atom is 0.248 e. The maximum absolute atomic E-state index is 12.3. The lowest BCUT2D eigenvalue weighted by atomic mass is 9.88. The van der Waals surface area contributed by atoms with Crippen LogP contribution in [-0.4, -0.2) is 40.9 Å². The molecule has 3 aromatic carbocycles. The number of H-pyrrole nitrogens is 1. The van der Waals surface area contributed by atoms with E-state index in [2.05, 4.69) is 34.4 Å². The summed E-state index contributed by atoms with van der Waals surface area (Å²) >= 11 is 6.15. The van der Waals surface area contributed by atoms with E-state index in [4.69, 9.17) is 22.3 Å². The molecule has 2 unspecified atom stereocenters. The highest BCUT2D eigenvalue weighted by atomic mass is 35.5. The summed E-state index contributed by atoms with van der Waals surface area (Å²) in [4.78, 5) is 22.9. The zero-order valence-corrected chi connectivity index (χ0v) is 19.6. The standard InChI is InChI=1S/C27H26ClN5O/c1-33-15-20(21(16-33)27-31-24-12-11-19(28)14-25(24)32-27)18-9-6-17(7-10-18)8-13-26(34)30-23-5-3-2-4-22(23)29/h2-14,20-21H,15-16,29H2,1H3,(H,30,34)(H,31,32)/b13-8+. The van der Waals surface area contributed by atoms with E-state index in [-0.39, 0.29) is 11.8 Å². The van der Waals surface area contributed by atoms with Gasteiger partial charge in [0, 0.05) is 36.0 Å². The first kappa shape index (κ1) is 22.2. The van der Waals surface area contributed by atoms with Crippen molar-refractivity contribution in [3.8, 4) is 0 Å². The van der Waals surface area contributed by atoms with Crippen LogP contribution in [0.4, 0.5) is 11.4 Å². The summed E-state index contributed by atoms with van der Waals surface area (Å²) in [6.07, 6.45) is 3.33. The first-order valence-electron chi connectivity index (χ1n) is 11.2. The number of fused-ring (bicyclic) bond motifs is 1. The van der Waals surface area contributed by atoms with Crippen LogP contribution >= 0.6 is 11.6 Å². The molecular weight excluding hydrogens is 446 g/mol. The lowest BCUT2D eigenvalue weighted by Gasteiger charge is -2.17. The Morgan fingerprint density at radius 2 is 1.88 bits per heavy atom. The van der Waals surface area contributed by atoms with Crippen LogP contribution in [0, 0.1) is 0 Å². The quantitative estimate of drug-likeness (QED) is 0.273. The Bertz CT molecular complexity index is 1360. The van der Waals surface area contributed by atoms with Gasteiger partial charge in [0.25, 0.3) is 0 Å². The summed E-state index contributed by atoms with van der Waals surface area (Å²) in [7, 11) is 2.14. The lowest BCUT2D eigenvalue weighted by molar-refractivity contribution is -0.111. The summed E-state index contributed by atoms with van der Waals surface area (Å²) in [5.41, 5.74) is 11.2. The summed E-state index contributed by atoms with van der Waals surface area (Å²) in [5, 5.41) is 3.51. The van der Waals surface area contributed by atoms with Crippen molar-refractivity contribution in [3.05, 3.63) is 94.8 Å². The molecule has 1 aromatic heterocycles. The minimum absolute atomic E-state index is 0.218. The fraction of sp³-hybridized carbons (Fsp3) is 0.185. The summed E-state index contributed by atoms with van der Waals surface area (Å²) in [6.45, 7) is 1.89. The SMILES string of the molecule is CN1CC(c2ccc(/C=C/C(=O)Nc3ccccc3N)cc2)C(c2nc3ccc(Cl)cc3[nH]2)C1. The van der Waals surface area contributed by atoms with E-state index >= 15 is 0 Å². The average Bonchev–Trinajstić information content (AvgIpc) is 3.42. The summed E-state index contributed by atoms with van der Waals surface area (Å²) in [5.74, 6) is 1.36. The van der Waals surface area contributed by atoms with Gasteiger partial charge in [0.2, 0.25) is 5.91 Å². The third kappa shape index (κ3) is 4.69. The van der Waals surface area contributed by atoms with Crippen molar-refractivity contribution < 1.29 is 4.79 Å². The smallest absolute Gasteiger partial charge is 0.248 e. The second kappa shape index (κ2) is 9.33. The number of nitrogens with one attached hydrogen (secondary N) is 2. The molecule has 1 aliphatic rings. The van der Waals surface area contributed by atoms with Crippen LogP contribution in [0.25, 0.3) is 17.1 Å². The third-order valence-corrected chi connectivity index (χ3v) is 6.56. The van der Waals surface area contributed by atoms with Crippen molar-refractivity contribution in [2.24, 2.45) is 0 Å². The van der Waals surface area contributed by atoms with Gasteiger partial charge in [-0.1, -0.05) is 48.0 Å². The Morgan fingerprint density at radius 1 is 1.12 bits per heavy atom. The minimum Gasteiger partial charge on any atom is -0.397 e. The fourth-order valence-electron chi connectivity index (χ4n) is 4.60. The normalized spacial score (nSPS) is 18.6. The molecule has 4 aromatic rings. The molecule has 1 aliphatic heterocycles. The molecule has 7 heteroatoms. The molecule has 34 heavy (non-hydrogen) atoms. The minimum atomic E-state index is -0.218. The predicted molar refractivity (Wildman–Crippen MR) is 139 cm³/mol. The first-order chi connectivity index (χ1) is 16.5. The molecule has 172 valence electrons. The van der Waals surface area contributed by atoms with Gasteiger partial charge in [-0.05, 0) is 54.6 Å². The zero-order chi connectivity index (χ0) is 23.7. The van der Waals surface area contributed by atoms with Gasteiger partial charge in [0.05, 0.1) is 22.4 Å². The van der Waals surface area contributed by atoms with E-state index in [0.29, 0.717) is 22.3 Å².